The predicted octanol–water partition coefficient (Wildman–Crippen LogP) is 3.07. The molecule has 0 aliphatic carbocycles. The highest BCUT2D eigenvalue weighted by Gasteiger charge is 2.08. The van der Waals surface area contributed by atoms with Gasteiger partial charge in [0.2, 0.25) is 0 Å². The second-order valence-electron chi connectivity index (χ2n) is 3.75. The minimum absolute atomic E-state index is 0.0879. The van der Waals surface area contributed by atoms with Crippen LogP contribution in [0.4, 0.5) is 0 Å². The summed E-state index contributed by atoms with van der Waals surface area (Å²) < 4.78 is 5.75. The normalized spacial score (nSPS) is 12.6. The first kappa shape index (κ1) is 12.3. The Kier molecular flexibility index (Phi) is 4.43. The zero-order valence-electron chi connectivity index (χ0n) is 9.51. The molecule has 0 saturated heterocycles. The monoisotopic (exact) mass is 227 g/mol. The Morgan fingerprint density at radius 2 is 1.87 bits per heavy atom. The summed E-state index contributed by atoms with van der Waals surface area (Å²) in [6.07, 6.45) is 1.00. The molecule has 15 heavy (non-hydrogen) atoms. The zero-order valence-corrected chi connectivity index (χ0v) is 10.3. The molecule has 0 aliphatic heterocycles. The van der Waals surface area contributed by atoms with E-state index in [-0.39, 0.29) is 6.10 Å². The van der Waals surface area contributed by atoms with Crippen LogP contribution in [0, 0.1) is 13.8 Å². The Morgan fingerprint density at radius 3 is 2.27 bits per heavy atom. The van der Waals surface area contributed by atoms with Gasteiger partial charge in [-0.25, -0.2) is 0 Å². The summed E-state index contributed by atoms with van der Waals surface area (Å²) in [6.45, 7) is 6.56. The van der Waals surface area contributed by atoms with Gasteiger partial charge in [-0.15, -0.1) is 0 Å². The molecule has 1 aromatic rings. The van der Waals surface area contributed by atoms with Crippen molar-refractivity contribution in [3.05, 3.63) is 28.3 Å². The fraction of sp³-hybridized carbons (Fsp3) is 0.500. The average Bonchev–Trinajstić information content (AvgIpc) is 2.22. The summed E-state index contributed by atoms with van der Waals surface area (Å²) >= 11 is 6.07. The SMILES string of the molecule is CCC(CN)Oc1cc(C)c(Cl)c(C)c1. The maximum Gasteiger partial charge on any atom is 0.120 e. The van der Waals surface area contributed by atoms with E-state index in [9.17, 15) is 0 Å². The summed E-state index contributed by atoms with van der Waals surface area (Å²) in [6, 6.07) is 3.90. The lowest BCUT2D eigenvalue weighted by Crippen LogP contribution is -2.25. The standard InChI is InChI=1S/C12H18ClNO/c1-4-10(7-14)15-11-5-8(2)12(13)9(3)6-11/h5-6,10H,4,7,14H2,1-3H3. The average molecular weight is 228 g/mol. The van der Waals surface area contributed by atoms with Crippen LogP contribution in [0.2, 0.25) is 5.02 Å². The molecule has 0 saturated carbocycles. The third-order valence-electron chi connectivity index (χ3n) is 2.43. The second kappa shape index (κ2) is 5.38. The third-order valence-corrected chi connectivity index (χ3v) is 3.03. The van der Waals surface area contributed by atoms with Crippen LogP contribution in [0.1, 0.15) is 24.5 Å². The second-order valence-corrected chi connectivity index (χ2v) is 4.13. The minimum atomic E-state index is 0.0879. The van der Waals surface area contributed by atoms with E-state index in [0.29, 0.717) is 6.54 Å². The van der Waals surface area contributed by atoms with Crippen LogP contribution in [0.5, 0.6) is 5.75 Å². The fourth-order valence-corrected chi connectivity index (χ4v) is 1.57. The van der Waals surface area contributed by atoms with Gasteiger partial charge in [-0.05, 0) is 43.5 Å². The summed E-state index contributed by atoms with van der Waals surface area (Å²) in [5.41, 5.74) is 7.67. The van der Waals surface area contributed by atoms with Gasteiger partial charge in [0.1, 0.15) is 11.9 Å². The first-order valence-corrected chi connectivity index (χ1v) is 5.59. The largest absolute Gasteiger partial charge is 0.489 e. The quantitative estimate of drug-likeness (QED) is 0.858. The van der Waals surface area contributed by atoms with Gasteiger partial charge in [0.25, 0.3) is 0 Å². The van der Waals surface area contributed by atoms with E-state index >= 15 is 0 Å². The van der Waals surface area contributed by atoms with Gasteiger partial charge in [0.05, 0.1) is 0 Å². The van der Waals surface area contributed by atoms with Crippen molar-refractivity contribution in [2.45, 2.75) is 33.3 Å². The van der Waals surface area contributed by atoms with E-state index in [0.717, 1.165) is 28.3 Å². The van der Waals surface area contributed by atoms with Crippen LogP contribution >= 0.6 is 11.6 Å². The number of halogens is 1. The summed E-state index contributed by atoms with van der Waals surface area (Å²) in [5.74, 6) is 0.853. The van der Waals surface area contributed by atoms with E-state index < -0.39 is 0 Å². The van der Waals surface area contributed by atoms with Crippen LogP contribution in [-0.2, 0) is 0 Å². The number of nitrogens with two attached hydrogens (primary N) is 1. The fourth-order valence-electron chi connectivity index (χ4n) is 1.46. The Hall–Kier alpha value is -0.730. The molecular formula is C12H18ClNO. The highest BCUT2D eigenvalue weighted by molar-refractivity contribution is 6.32. The van der Waals surface area contributed by atoms with Crippen LogP contribution in [0.3, 0.4) is 0 Å². The number of hydrogen-bond acceptors (Lipinski definition) is 2. The number of benzene rings is 1. The van der Waals surface area contributed by atoms with Gasteiger partial charge in [0.15, 0.2) is 0 Å². The van der Waals surface area contributed by atoms with E-state index in [4.69, 9.17) is 22.1 Å². The molecular weight excluding hydrogens is 210 g/mol. The maximum atomic E-state index is 6.07. The number of aryl methyl sites for hydroxylation is 2. The minimum Gasteiger partial charge on any atom is -0.489 e. The molecule has 2 nitrogen and oxygen atoms in total. The van der Waals surface area contributed by atoms with Gasteiger partial charge in [-0.3, -0.25) is 0 Å². The molecule has 3 heteroatoms. The van der Waals surface area contributed by atoms with Crippen molar-refractivity contribution in [3.63, 3.8) is 0 Å². The van der Waals surface area contributed by atoms with Gasteiger partial charge in [-0.1, -0.05) is 18.5 Å². The van der Waals surface area contributed by atoms with Crippen LogP contribution in [-0.4, -0.2) is 12.6 Å². The first-order chi connectivity index (χ1) is 7.08. The molecule has 0 radical (unpaired) electrons. The number of ether oxygens (including phenoxy) is 1. The van der Waals surface area contributed by atoms with Gasteiger partial charge >= 0.3 is 0 Å². The molecule has 0 aromatic heterocycles. The third kappa shape index (κ3) is 3.11. The topological polar surface area (TPSA) is 35.2 Å². The Bertz CT molecular complexity index is 311. The van der Waals surface area contributed by atoms with E-state index in [1.165, 1.54) is 0 Å². The number of hydrogen-bond donors (Lipinski definition) is 1. The Labute approximate surface area is 96.4 Å². The molecule has 1 aromatic carbocycles. The lowest BCUT2D eigenvalue weighted by Gasteiger charge is -2.17. The van der Waals surface area contributed by atoms with Crippen molar-refractivity contribution < 1.29 is 4.74 Å². The van der Waals surface area contributed by atoms with E-state index in [1.807, 2.05) is 26.0 Å². The summed E-state index contributed by atoms with van der Waals surface area (Å²) in [5, 5.41) is 0.808. The molecule has 0 amide bonds. The van der Waals surface area contributed by atoms with Gasteiger partial charge in [0, 0.05) is 11.6 Å². The van der Waals surface area contributed by atoms with Crippen molar-refractivity contribution in [1.82, 2.24) is 0 Å². The molecule has 0 fully saturated rings. The van der Waals surface area contributed by atoms with Crippen molar-refractivity contribution in [3.8, 4) is 5.75 Å². The molecule has 1 unspecified atom stereocenters. The first-order valence-electron chi connectivity index (χ1n) is 5.22. The molecule has 1 rings (SSSR count). The molecule has 0 bridgehead atoms. The van der Waals surface area contributed by atoms with Gasteiger partial charge < -0.3 is 10.5 Å². The van der Waals surface area contributed by atoms with Crippen LogP contribution < -0.4 is 10.5 Å². The van der Waals surface area contributed by atoms with Crippen molar-refractivity contribution in [2.24, 2.45) is 5.73 Å². The summed E-state index contributed by atoms with van der Waals surface area (Å²) in [7, 11) is 0. The summed E-state index contributed by atoms with van der Waals surface area (Å²) in [4.78, 5) is 0. The van der Waals surface area contributed by atoms with Gasteiger partial charge in [-0.2, -0.15) is 0 Å². The van der Waals surface area contributed by atoms with Crippen molar-refractivity contribution in [1.29, 1.82) is 0 Å². The highest BCUT2D eigenvalue weighted by Crippen LogP contribution is 2.26. The molecule has 0 aliphatic rings. The molecule has 0 spiro atoms. The Morgan fingerprint density at radius 1 is 1.33 bits per heavy atom. The zero-order chi connectivity index (χ0) is 11.4. The molecule has 2 N–H and O–H groups in total. The molecule has 1 atom stereocenters. The predicted molar refractivity (Wildman–Crippen MR) is 64.7 cm³/mol. The lowest BCUT2D eigenvalue weighted by atomic mass is 10.1. The lowest BCUT2D eigenvalue weighted by molar-refractivity contribution is 0.205. The van der Waals surface area contributed by atoms with Crippen LogP contribution in [0.15, 0.2) is 12.1 Å². The van der Waals surface area contributed by atoms with Crippen molar-refractivity contribution >= 4 is 11.6 Å². The Balaban J connectivity index is 2.87. The molecule has 0 heterocycles. The highest BCUT2D eigenvalue weighted by atomic mass is 35.5. The van der Waals surface area contributed by atoms with E-state index in [2.05, 4.69) is 6.92 Å². The molecule has 84 valence electrons. The smallest absolute Gasteiger partial charge is 0.120 e. The maximum absolute atomic E-state index is 6.07. The number of rotatable bonds is 4. The van der Waals surface area contributed by atoms with Crippen LogP contribution in [0.25, 0.3) is 0 Å². The van der Waals surface area contributed by atoms with E-state index in [1.54, 1.807) is 0 Å². The van der Waals surface area contributed by atoms with Crippen molar-refractivity contribution in [2.75, 3.05) is 6.54 Å².